The fraction of sp³-hybridized carbons (Fsp3) is 0.0265. The molecule has 10 nitrogen and oxygen atoms in total. The minimum Gasteiger partial charge on any atom is -0.351 e. The van der Waals surface area contributed by atoms with Gasteiger partial charge in [0.1, 0.15) is 34.8 Å². The molecule has 0 radical (unpaired) electrons. The molecule has 0 aliphatic rings. The van der Waals surface area contributed by atoms with Gasteiger partial charge >= 0.3 is 20.1 Å². The summed E-state index contributed by atoms with van der Waals surface area (Å²) in [5, 5.41) is 16.0. The molecule has 0 bridgehead atoms. The van der Waals surface area contributed by atoms with Gasteiger partial charge in [0.25, 0.3) is 0 Å². The van der Waals surface area contributed by atoms with Crippen molar-refractivity contribution >= 4 is 188 Å². The van der Waals surface area contributed by atoms with E-state index in [0.29, 0.717) is 44.6 Å². The van der Waals surface area contributed by atoms with E-state index in [0.717, 1.165) is 167 Å². The van der Waals surface area contributed by atoms with Crippen LogP contribution in [-0.4, -0.2) is 31.5 Å². The number of ketones is 2. The summed E-state index contributed by atoms with van der Waals surface area (Å²) in [7, 11) is 0. The van der Waals surface area contributed by atoms with Crippen LogP contribution in [0.1, 0.15) is 20.3 Å². The molecule has 614 valence electrons. The molecule has 22 rings (SSSR count). The molecule has 22 aromatic rings. The second-order valence-electron chi connectivity index (χ2n) is 31.2. The van der Waals surface area contributed by atoms with Gasteiger partial charge in [-0.3, -0.25) is 19.6 Å². The number of aromatic nitrogens is 4. The van der Waals surface area contributed by atoms with E-state index in [2.05, 4.69) is 347 Å². The number of carbonyl (C=O) groups is 2. The second kappa shape index (κ2) is 35.4. The minimum atomic E-state index is -0.677. The zero-order valence-electron chi connectivity index (χ0n) is 69.1. The molecule has 0 aliphatic heterocycles. The number of Topliss-reactive ketones (excluding diaryl/α,β-unsaturated/α-hetero) is 2. The van der Waals surface area contributed by atoms with Gasteiger partial charge in [-0.2, -0.15) is 0 Å². The van der Waals surface area contributed by atoms with Crippen molar-refractivity contribution in [2.75, 3.05) is 19.6 Å². The van der Waals surface area contributed by atoms with Crippen LogP contribution in [0.2, 0.25) is 0 Å². The Kier molecular flexibility index (Phi) is 22.6. The summed E-state index contributed by atoms with van der Waals surface area (Å²) in [6.07, 6.45) is 3.25. The van der Waals surface area contributed by atoms with E-state index in [9.17, 15) is 27.2 Å². The molecule has 0 spiro atoms. The van der Waals surface area contributed by atoms with Crippen LogP contribution in [0, 0.1) is 35.4 Å². The summed E-state index contributed by atoms with van der Waals surface area (Å²) >= 11 is 0. The van der Waals surface area contributed by atoms with Gasteiger partial charge < -0.3 is 29.6 Å². The topological polar surface area (TPSA) is 98.7 Å². The number of nitrogens with zero attached hydrogens (tertiary/aromatic N) is 8. The Bertz CT molecular complexity index is 7520. The van der Waals surface area contributed by atoms with Crippen molar-refractivity contribution < 1.29 is 47.3 Å². The minimum absolute atomic E-state index is 0. The standard InChI is InChI=1S/2C54H33F2N4.C5H8O2.Ir/c2*55-38-29-37(30-39(56)31-38)50-34-57-53-46-27-25-42(59(40-17-3-1-4-18-40)51-23-11-15-35-13-7-9-21-44(35)51)32-48(46)49-33-43(26-28-47(49)54(53)58-50)60(41-19-5-2-6-20-41)52-24-12-16-36-14-8-10-22-45(36)52;1-4(6)3-5(2)7;/h2*1-26,28-34H;3H2,1-2H3;/q2*-1;;+3. The Morgan fingerprint density at radius 3 is 0.836 bits per heavy atom. The zero-order chi connectivity index (χ0) is 86.2. The van der Waals surface area contributed by atoms with Gasteiger partial charge in [0, 0.05) is 114 Å². The van der Waals surface area contributed by atoms with Crippen molar-refractivity contribution in [1.29, 1.82) is 0 Å². The van der Waals surface area contributed by atoms with Crippen molar-refractivity contribution in [2.24, 2.45) is 0 Å². The first-order valence-corrected chi connectivity index (χ1v) is 41.7. The van der Waals surface area contributed by atoms with Crippen LogP contribution in [0.3, 0.4) is 0 Å². The molecule has 128 heavy (non-hydrogen) atoms. The molecule has 0 atom stereocenters. The number of anilines is 12. The van der Waals surface area contributed by atoms with Crippen molar-refractivity contribution in [3.8, 4) is 22.5 Å². The number of hydrogen-bond acceptors (Lipinski definition) is 10. The number of halogens is 4. The molecule has 0 unspecified atom stereocenters. The fourth-order valence-electron chi connectivity index (χ4n) is 17.4. The number of fused-ring (bicyclic) bond motifs is 16. The Hall–Kier alpha value is -15.9. The van der Waals surface area contributed by atoms with Crippen molar-refractivity contribution in [1.82, 2.24) is 19.9 Å². The molecule has 0 N–H and O–H groups in total. The first-order chi connectivity index (χ1) is 62.3. The first-order valence-electron chi connectivity index (χ1n) is 41.7. The summed E-state index contributed by atoms with van der Waals surface area (Å²) in [5.41, 5.74) is 15.8. The van der Waals surface area contributed by atoms with Crippen LogP contribution < -0.4 is 19.6 Å². The molecule has 2 aromatic heterocycles. The number of para-hydroxylation sites is 4. The van der Waals surface area contributed by atoms with E-state index >= 15 is 0 Å². The quantitative estimate of drug-likeness (QED) is 0.0402. The van der Waals surface area contributed by atoms with Gasteiger partial charge in [0.2, 0.25) is 0 Å². The van der Waals surface area contributed by atoms with Gasteiger partial charge in [-0.05, 0) is 190 Å². The Balaban J connectivity index is 0.000000154. The summed E-state index contributed by atoms with van der Waals surface area (Å²) in [4.78, 5) is 49.3. The van der Waals surface area contributed by atoms with Gasteiger partial charge in [0.15, 0.2) is 0 Å². The van der Waals surface area contributed by atoms with Crippen LogP contribution in [0.5, 0.6) is 0 Å². The summed E-state index contributed by atoms with van der Waals surface area (Å²) < 4.78 is 58.1. The van der Waals surface area contributed by atoms with Crippen LogP contribution >= 0.6 is 0 Å². The Morgan fingerprint density at radius 2 is 0.539 bits per heavy atom. The molecule has 20 aromatic carbocycles. The van der Waals surface area contributed by atoms with Crippen molar-refractivity contribution in [2.45, 2.75) is 20.3 Å². The number of carbonyl (C=O) groups excluding carboxylic acids is 2. The third kappa shape index (κ3) is 16.0. The van der Waals surface area contributed by atoms with Crippen LogP contribution in [0.25, 0.3) is 131 Å². The van der Waals surface area contributed by atoms with E-state index < -0.39 is 23.3 Å². The summed E-state index contributed by atoms with van der Waals surface area (Å²) in [5.74, 6) is -2.83. The van der Waals surface area contributed by atoms with E-state index in [1.165, 1.54) is 38.1 Å². The monoisotopic (exact) mass is 1840 g/mol. The van der Waals surface area contributed by atoms with Crippen molar-refractivity contribution in [3.63, 3.8) is 0 Å². The Labute approximate surface area is 748 Å². The largest absolute Gasteiger partial charge is 3.00 e. The second-order valence-corrected chi connectivity index (χ2v) is 31.2. The van der Waals surface area contributed by atoms with Gasteiger partial charge in [-0.1, -0.05) is 241 Å². The fourth-order valence-corrected chi connectivity index (χ4v) is 17.4. The molecular formula is C113H74F4IrN8O2+. The van der Waals surface area contributed by atoms with Gasteiger partial charge in [0.05, 0.1) is 40.2 Å². The third-order valence-corrected chi connectivity index (χ3v) is 22.9. The molecule has 0 saturated carbocycles. The van der Waals surface area contributed by atoms with E-state index in [-0.39, 0.29) is 38.1 Å². The molecule has 15 heteroatoms. The normalized spacial score (nSPS) is 11.2. The van der Waals surface area contributed by atoms with E-state index in [4.69, 9.17) is 19.9 Å². The predicted octanol–water partition coefficient (Wildman–Crippen LogP) is 30.4. The smallest absolute Gasteiger partial charge is 0.351 e. The van der Waals surface area contributed by atoms with Gasteiger partial charge in [-0.25, -0.2) is 17.6 Å². The predicted molar refractivity (Wildman–Crippen MR) is 512 cm³/mol. The van der Waals surface area contributed by atoms with Gasteiger partial charge in [-0.15, -0.1) is 47.2 Å². The Morgan fingerprint density at radius 1 is 0.266 bits per heavy atom. The average Bonchev–Trinajstić information content (AvgIpc) is 0.727. The van der Waals surface area contributed by atoms with E-state index in [1.54, 1.807) is 12.4 Å². The first kappa shape index (κ1) is 81.7. The molecule has 0 fully saturated rings. The van der Waals surface area contributed by atoms with Crippen molar-refractivity contribution in [3.05, 3.63) is 436 Å². The van der Waals surface area contributed by atoms with Crippen LogP contribution in [-0.2, 0) is 29.7 Å². The maximum Gasteiger partial charge on any atom is 3.00 e. The average molecular weight is 1840 g/mol. The van der Waals surface area contributed by atoms with Crippen LogP contribution in [0.15, 0.2) is 401 Å². The third-order valence-electron chi connectivity index (χ3n) is 22.9. The summed E-state index contributed by atoms with van der Waals surface area (Å²) in [6, 6.07) is 136. The molecular weight excluding hydrogens is 1770 g/mol. The molecule has 0 amide bonds. The number of hydrogen-bond donors (Lipinski definition) is 0. The molecule has 2 heterocycles. The molecule has 0 saturated heterocycles. The summed E-state index contributed by atoms with van der Waals surface area (Å²) in [6.45, 7) is 2.81. The van der Waals surface area contributed by atoms with E-state index in [1.807, 2.05) is 36.4 Å². The number of rotatable bonds is 16. The maximum absolute atomic E-state index is 14.5. The zero-order valence-corrected chi connectivity index (χ0v) is 71.4. The SMILES string of the molecule is CC(=O)CC(C)=O.Fc1cc(F)cc(-c2cnc3c4[c-]cc(N(c5ccccc5)c5cccc6ccccc56)cc4c4cc(N(c5ccccc5)c5cccc6ccccc56)ccc4c3n2)c1.Fc1cc(F)cc(-c2cnc3c4[c-]cc(N(c5ccccc5)c5cccc6ccccc56)cc4c4cc(N(c5ccccc5)c5cccc6ccccc56)ccc4c3n2)c1.[Ir+3]. The maximum atomic E-state index is 14.5. The molecule has 0 aliphatic carbocycles. The number of benzene rings is 20. The van der Waals surface area contributed by atoms with Crippen LogP contribution in [0.4, 0.5) is 85.8 Å².